The van der Waals surface area contributed by atoms with E-state index in [9.17, 15) is 4.79 Å². The fraction of sp³-hybridized carbons (Fsp3) is 0.900. The Kier molecular flexibility index (Phi) is 5.79. The lowest BCUT2D eigenvalue weighted by Crippen LogP contribution is -2.57. The summed E-state index contributed by atoms with van der Waals surface area (Å²) in [7, 11) is 0. The number of nitrogens with one attached hydrogen (secondary N) is 2. The second-order valence-electron chi connectivity index (χ2n) is 4.41. The van der Waals surface area contributed by atoms with E-state index in [0.29, 0.717) is 0 Å². The highest BCUT2D eigenvalue weighted by atomic mass is 16.3. The zero-order valence-corrected chi connectivity index (χ0v) is 9.87. The maximum atomic E-state index is 11.5. The van der Waals surface area contributed by atoms with Crippen molar-refractivity contribution in [2.45, 2.75) is 45.3 Å². The molecular formula is C10H22N2O3. The van der Waals surface area contributed by atoms with Crippen molar-refractivity contribution in [2.24, 2.45) is 0 Å². The number of carbonyl (C=O) groups excluding carboxylic acids is 1. The van der Waals surface area contributed by atoms with Gasteiger partial charge in [0, 0.05) is 6.04 Å². The standard InChI is InChI=1S/C10H22N2O3/c1-7(2)11-9(15)8(3)12-10(4,5-13)6-14/h7-8,12-14H,5-6H2,1-4H3,(H,11,15). The van der Waals surface area contributed by atoms with Crippen molar-refractivity contribution in [3.05, 3.63) is 0 Å². The van der Waals surface area contributed by atoms with E-state index in [1.807, 2.05) is 13.8 Å². The highest BCUT2D eigenvalue weighted by Crippen LogP contribution is 2.02. The summed E-state index contributed by atoms with van der Waals surface area (Å²) in [5.41, 5.74) is -0.826. The molecule has 0 heterocycles. The zero-order chi connectivity index (χ0) is 12.1. The highest BCUT2D eigenvalue weighted by Gasteiger charge is 2.26. The van der Waals surface area contributed by atoms with Crippen molar-refractivity contribution < 1.29 is 15.0 Å². The molecular weight excluding hydrogens is 196 g/mol. The molecule has 0 aliphatic rings. The second kappa shape index (κ2) is 6.05. The van der Waals surface area contributed by atoms with Gasteiger partial charge in [0.15, 0.2) is 0 Å². The quantitative estimate of drug-likeness (QED) is 0.472. The van der Waals surface area contributed by atoms with Gasteiger partial charge in [-0.25, -0.2) is 0 Å². The fourth-order valence-corrected chi connectivity index (χ4v) is 1.14. The first-order valence-corrected chi connectivity index (χ1v) is 5.14. The van der Waals surface area contributed by atoms with E-state index in [-0.39, 0.29) is 25.2 Å². The van der Waals surface area contributed by atoms with E-state index >= 15 is 0 Å². The first-order valence-electron chi connectivity index (χ1n) is 5.14. The van der Waals surface area contributed by atoms with Crippen molar-refractivity contribution >= 4 is 5.91 Å². The lowest BCUT2D eigenvalue weighted by Gasteiger charge is -2.30. The van der Waals surface area contributed by atoms with E-state index in [1.54, 1.807) is 13.8 Å². The molecule has 1 unspecified atom stereocenters. The maximum Gasteiger partial charge on any atom is 0.237 e. The number of rotatable bonds is 6. The smallest absolute Gasteiger partial charge is 0.237 e. The Balaban J connectivity index is 4.22. The number of hydrogen-bond acceptors (Lipinski definition) is 4. The van der Waals surface area contributed by atoms with Crippen LogP contribution in [0.25, 0.3) is 0 Å². The summed E-state index contributed by atoms with van der Waals surface area (Å²) in [6, 6.07) is -0.368. The molecule has 0 aliphatic carbocycles. The van der Waals surface area contributed by atoms with Gasteiger partial charge < -0.3 is 15.5 Å². The third kappa shape index (κ3) is 5.11. The van der Waals surface area contributed by atoms with Crippen LogP contribution in [0.3, 0.4) is 0 Å². The average Bonchev–Trinajstić information content (AvgIpc) is 2.16. The topological polar surface area (TPSA) is 81.6 Å². The van der Waals surface area contributed by atoms with Crippen molar-refractivity contribution in [1.82, 2.24) is 10.6 Å². The van der Waals surface area contributed by atoms with Gasteiger partial charge in [-0.15, -0.1) is 0 Å². The minimum Gasteiger partial charge on any atom is -0.394 e. The van der Waals surface area contributed by atoms with Gasteiger partial charge in [0.25, 0.3) is 0 Å². The first kappa shape index (κ1) is 14.3. The van der Waals surface area contributed by atoms with Gasteiger partial charge in [-0.1, -0.05) is 0 Å². The lowest BCUT2D eigenvalue weighted by atomic mass is 10.0. The maximum absolute atomic E-state index is 11.5. The highest BCUT2D eigenvalue weighted by molar-refractivity contribution is 5.81. The van der Waals surface area contributed by atoms with Gasteiger partial charge in [0.2, 0.25) is 5.91 Å². The van der Waals surface area contributed by atoms with Gasteiger partial charge in [0.1, 0.15) is 0 Å². The zero-order valence-electron chi connectivity index (χ0n) is 9.87. The number of aliphatic hydroxyl groups is 2. The third-order valence-corrected chi connectivity index (χ3v) is 2.09. The Hall–Kier alpha value is -0.650. The number of amides is 1. The predicted octanol–water partition coefficient (Wildman–Crippen LogP) is -0.768. The van der Waals surface area contributed by atoms with Crippen molar-refractivity contribution in [2.75, 3.05) is 13.2 Å². The molecule has 0 aromatic rings. The van der Waals surface area contributed by atoms with Crippen molar-refractivity contribution in [3.63, 3.8) is 0 Å². The van der Waals surface area contributed by atoms with E-state index in [4.69, 9.17) is 10.2 Å². The molecule has 15 heavy (non-hydrogen) atoms. The van der Waals surface area contributed by atoms with Crippen LogP contribution in [0.4, 0.5) is 0 Å². The van der Waals surface area contributed by atoms with E-state index in [0.717, 1.165) is 0 Å². The monoisotopic (exact) mass is 218 g/mol. The van der Waals surface area contributed by atoms with E-state index in [1.165, 1.54) is 0 Å². The van der Waals surface area contributed by atoms with Crippen LogP contribution in [-0.4, -0.2) is 47.0 Å². The third-order valence-electron chi connectivity index (χ3n) is 2.09. The van der Waals surface area contributed by atoms with E-state index < -0.39 is 11.6 Å². The Morgan fingerprint density at radius 1 is 1.27 bits per heavy atom. The molecule has 0 fully saturated rings. The van der Waals surface area contributed by atoms with Crippen LogP contribution in [0.15, 0.2) is 0 Å². The summed E-state index contributed by atoms with van der Waals surface area (Å²) in [5, 5.41) is 23.7. The van der Waals surface area contributed by atoms with Crippen LogP contribution >= 0.6 is 0 Å². The Morgan fingerprint density at radius 2 is 1.73 bits per heavy atom. The predicted molar refractivity (Wildman–Crippen MR) is 58.5 cm³/mol. The Labute approximate surface area is 90.9 Å². The molecule has 0 aromatic heterocycles. The second-order valence-corrected chi connectivity index (χ2v) is 4.41. The minimum atomic E-state index is -0.826. The summed E-state index contributed by atoms with van der Waals surface area (Å²) in [6.07, 6.45) is 0. The summed E-state index contributed by atoms with van der Waals surface area (Å²) in [4.78, 5) is 11.5. The normalized spacial score (nSPS) is 14.1. The van der Waals surface area contributed by atoms with E-state index in [2.05, 4.69) is 10.6 Å². The van der Waals surface area contributed by atoms with Crippen molar-refractivity contribution in [3.8, 4) is 0 Å². The Morgan fingerprint density at radius 3 is 2.07 bits per heavy atom. The number of hydrogen-bond donors (Lipinski definition) is 4. The largest absolute Gasteiger partial charge is 0.394 e. The molecule has 4 N–H and O–H groups in total. The summed E-state index contributed by atoms with van der Waals surface area (Å²) in [6.45, 7) is 6.67. The van der Waals surface area contributed by atoms with Crippen molar-refractivity contribution in [1.29, 1.82) is 0 Å². The van der Waals surface area contributed by atoms with Crippen LogP contribution in [0.2, 0.25) is 0 Å². The molecule has 0 saturated carbocycles. The molecule has 90 valence electrons. The fourth-order valence-electron chi connectivity index (χ4n) is 1.14. The molecule has 0 aliphatic heterocycles. The number of aliphatic hydroxyl groups excluding tert-OH is 2. The van der Waals surface area contributed by atoms with Crippen LogP contribution in [0.5, 0.6) is 0 Å². The minimum absolute atomic E-state index is 0.0799. The Bertz CT molecular complexity index is 203. The first-order chi connectivity index (χ1) is 6.84. The van der Waals surface area contributed by atoms with Gasteiger partial charge >= 0.3 is 0 Å². The summed E-state index contributed by atoms with van der Waals surface area (Å²) in [5.74, 6) is -0.141. The van der Waals surface area contributed by atoms with Gasteiger partial charge in [-0.3, -0.25) is 10.1 Å². The van der Waals surface area contributed by atoms with Crippen LogP contribution in [0.1, 0.15) is 27.7 Å². The van der Waals surface area contributed by atoms with Gasteiger partial charge in [-0.2, -0.15) is 0 Å². The number of carbonyl (C=O) groups is 1. The molecule has 0 rings (SSSR count). The van der Waals surface area contributed by atoms with Crippen LogP contribution in [-0.2, 0) is 4.79 Å². The van der Waals surface area contributed by atoms with Crippen LogP contribution in [0, 0.1) is 0 Å². The summed E-state index contributed by atoms with van der Waals surface area (Å²) >= 11 is 0. The van der Waals surface area contributed by atoms with Crippen LogP contribution < -0.4 is 10.6 Å². The van der Waals surface area contributed by atoms with Gasteiger partial charge in [-0.05, 0) is 27.7 Å². The molecule has 5 heteroatoms. The summed E-state index contributed by atoms with van der Waals surface area (Å²) < 4.78 is 0. The molecule has 0 bridgehead atoms. The molecule has 0 aromatic carbocycles. The molecule has 0 spiro atoms. The molecule has 0 saturated heterocycles. The van der Waals surface area contributed by atoms with Gasteiger partial charge in [0.05, 0.1) is 24.8 Å². The lowest BCUT2D eigenvalue weighted by molar-refractivity contribution is -0.124. The molecule has 0 radical (unpaired) electrons. The SMILES string of the molecule is CC(C)NC(=O)C(C)NC(C)(CO)CO. The molecule has 1 amide bonds. The molecule has 1 atom stereocenters. The average molecular weight is 218 g/mol. The molecule has 5 nitrogen and oxygen atoms in total.